The second-order valence-corrected chi connectivity index (χ2v) is 9.84. The lowest BCUT2D eigenvalue weighted by molar-refractivity contribution is -0.384. The first kappa shape index (κ1) is 21.1. The van der Waals surface area contributed by atoms with Gasteiger partial charge in [0, 0.05) is 23.7 Å². The van der Waals surface area contributed by atoms with Crippen molar-refractivity contribution in [3.8, 4) is 0 Å². The van der Waals surface area contributed by atoms with Gasteiger partial charge in [-0.25, -0.2) is 12.8 Å². The Balaban J connectivity index is 1.50. The quantitative estimate of drug-likeness (QED) is 0.300. The van der Waals surface area contributed by atoms with Gasteiger partial charge >= 0.3 is 0 Å². The number of hydrogen-bond acceptors (Lipinski definition) is 5. The molecule has 0 unspecified atom stereocenters. The summed E-state index contributed by atoms with van der Waals surface area (Å²) in [5, 5.41) is 14.7. The summed E-state index contributed by atoms with van der Waals surface area (Å²) in [6.07, 6.45) is 4.86. The minimum Gasteiger partial charge on any atom is -0.378 e. The molecule has 0 amide bonds. The van der Waals surface area contributed by atoms with Gasteiger partial charge in [-0.1, -0.05) is 36.4 Å². The molecule has 0 saturated heterocycles. The standard InChI is InChI=1S/C24H20FN3O4S/c25-21-9-1-2-10-23(21)27-33(31,32)17-11-12-22-20(14-17)18-7-4-8-19(18)24(26-22)15-5-3-6-16(13-15)28(29)30/h1-7,9-14,18-19,24,26-27H,8H2/t18-,19-,24+/m0/s1. The van der Waals surface area contributed by atoms with Gasteiger partial charge in [0.05, 0.1) is 21.5 Å². The molecule has 2 aliphatic rings. The van der Waals surface area contributed by atoms with Crippen LogP contribution in [0.1, 0.15) is 29.5 Å². The Hall–Kier alpha value is -3.72. The number of benzene rings is 3. The minimum atomic E-state index is -4.00. The number of nitro benzene ring substituents is 1. The van der Waals surface area contributed by atoms with Gasteiger partial charge in [0.2, 0.25) is 0 Å². The first-order valence-corrected chi connectivity index (χ1v) is 11.9. The number of para-hydroxylation sites is 1. The van der Waals surface area contributed by atoms with Crippen molar-refractivity contribution in [2.24, 2.45) is 5.92 Å². The van der Waals surface area contributed by atoms with E-state index < -0.39 is 20.8 Å². The molecule has 3 aromatic carbocycles. The summed E-state index contributed by atoms with van der Waals surface area (Å²) in [6.45, 7) is 0. The Morgan fingerprint density at radius 3 is 2.67 bits per heavy atom. The molecule has 7 nitrogen and oxygen atoms in total. The Morgan fingerprint density at radius 1 is 1.06 bits per heavy atom. The van der Waals surface area contributed by atoms with Gasteiger partial charge in [-0.2, -0.15) is 0 Å². The van der Waals surface area contributed by atoms with Crippen molar-refractivity contribution in [1.82, 2.24) is 0 Å². The van der Waals surface area contributed by atoms with Gasteiger partial charge in [-0.05, 0) is 53.8 Å². The Morgan fingerprint density at radius 2 is 1.88 bits per heavy atom. The molecule has 2 N–H and O–H groups in total. The van der Waals surface area contributed by atoms with Crippen molar-refractivity contribution in [1.29, 1.82) is 0 Å². The Labute approximate surface area is 190 Å². The molecule has 1 aliphatic carbocycles. The fourth-order valence-electron chi connectivity index (χ4n) is 4.65. The van der Waals surface area contributed by atoms with Crippen LogP contribution in [0, 0.1) is 21.8 Å². The third kappa shape index (κ3) is 3.84. The molecule has 5 rings (SSSR count). The lowest BCUT2D eigenvalue weighted by Gasteiger charge is -2.37. The van der Waals surface area contributed by atoms with E-state index in [0.717, 1.165) is 23.2 Å². The van der Waals surface area contributed by atoms with Crippen LogP contribution >= 0.6 is 0 Å². The largest absolute Gasteiger partial charge is 0.378 e. The molecule has 3 atom stereocenters. The molecule has 0 spiro atoms. The number of rotatable bonds is 5. The maximum atomic E-state index is 14.0. The predicted molar refractivity (Wildman–Crippen MR) is 123 cm³/mol. The molecule has 33 heavy (non-hydrogen) atoms. The number of nitrogens with zero attached hydrogens (tertiary/aromatic N) is 1. The highest BCUT2D eigenvalue weighted by molar-refractivity contribution is 7.92. The molecular weight excluding hydrogens is 445 g/mol. The average Bonchev–Trinajstić information content (AvgIpc) is 3.30. The zero-order valence-corrected chi connectivity index (χ0v) is 18.1. The zero-order valence-electron chi connectivity index (χ0n) is 17.3. The predicted octanol–water partition coefficient (Wildman–Crippen LogP) is 5.36. The first-order valence-electron chi connectivity index (χ1n) is 10.4. The lowest BCUT2D eigenvalue weighted by atomic mass is 9.77. The SMILES string of the molecule is O=[N+]([O-])c1cccc([C@H]2Nc3ccc(S(=O)(=O)Nc4ccccc4F)cc3[C@H]3C=CC[C@@H]32)c1. The molecule has 1 aliphatic heterocycles. The number of sulfonamides is 1. The normalized spacial score (nSPS) is 21.1. The van der Waals surface area contributed by atoms with E-state index in [0.29, 0.717) is 0 Å². The van der Waals surface area contributed by atoms with Crippen molar-refractivity contribution in [2.45, 2.75) is 23.3 Å². The Bertz CT molecular complexity index is 1390. The molecule has 0 saturated carbocycles. The first-order chi connectivity index (χ1) is 15.8. The van der Waals surface area contributed by atoms with Gasteiger partial charge < -0.3 is 5.32 Å². The van der Waals surface area contributed by atoms with Gasteiger partial charge in [0.1, 0.15) is 5.82 Å². The maximum Gasteiger partial charge on any atom is 0.269 e. The molecule has 0 aromatic heterocycles. The highest BCUT2D eigenvalue weighted by atomic mass is 32.2. The number of nitrogens with one attached hydrogen (secondary N) is 2. The number of nitro groups is 1. The Kier molecular flexibility index (Phi) is 5.13. The average molecular weight is 466 g/mol. The van der Waals surface area contributed by atoms with E-state index >= 15 is 0 Å². The van der Waals surface area contributed by atoms with Crippen LogP contribution in [0.4, 0.5) is 21.5 Å². The second-order valence-electron chi connectivity index (χ2n) is 8.16. The van der Waals surface area contributed by atoms with Gasteiger partial charge in [-0.15, -0.1) is 0 Å². The fraction of sp³-hybridized carbons (Fsp3) is 0.167. The van der Waals surface area contributed by atoms with Crippen molar-refractivity contribution in [2.75, 3.05) is 10.0 Å². The molecular formula is C24H20FN3O4S. The fourth-order valence-corrected chi connectivity index (χ4v) is 5.75. The van der Waals surface area contributed by atoms with E-state index in [4.69, 9.17) is 0 Å². The highest BCUT2D eigenvalue weighted by Crippen LogP contribution is 2.50. The van der Waals surface area contributed by atoms with Crippen LogP contribution in [0.25, 0.3) is 0 Å². The van der Waals surface area contributed by atoms with Gasteiger partial charge in [-0.3, -0.25) is 14.8 Å². The van der Waals surface area contributed by atoms with E-state index in [2.05, 4.69) is 22.2 Å². The lowest BCUT2D eigenvalue weighted by Crippen LogP contribution is -2.29. The van der Waals surface area contributed by atoms with Gasteiger partial charge in [0.25, 0.3) is 15.7 Å². The van der Waals surface area contributed by atoms with E-state index in [1.807, 2.05) is 6.07 Å². The van der Waals surface area contributed by atoms with Crippen LogP contribution in [-0.2, 0) is 10.0 Å². The van der Waals surface area contributed by atoms with Crippen LogP contribution in [0.15, 0.2) is 83.8 Å². The van der Waals surface area contributed by atoms with E-state index in [-0.39, 0.29) is 34.1 Å². The molecule has 0 fully saturated rings. The molecule has 9 heteroatoms. The molecule has 0 radical (unpaired) electrons. The summed E-state index contributed by atoms with van der Waals surface area (Å²) in [7, 11) is -4.00. The molecule has 168 valence electrons. The number of halogens is 1. The molecule has 0 bridgehead atoms. The summed E-state index contributed by atoms with van der Waals surface area (Å²) in [6, 6.07) is 16.8. The van der Waals surface area contributed by atoms with E-state index in [9.17, 15) is 22.9 Å². The second kappa shape index (κ2) is 8.00. The zero-order chi connectivity index (χ0) is 23.2. The summed E-state index contributed by atoms with van der Waals surface area (Å²) >= 11 is 0. The highest BCUT2D eigenvalue weighted by Gasteiger charge is 2.38. The maximum absolute atomic E-state index is 14.0. The van der Waals surface area contributed by atoms with Crippen molar-refractivity contribution in [3.05, 3.63) is 106 Å². The topological polar surface area (TPSA) is 101 Å². The molecule has 3 aromatic rings. The van der Waals surface area contributed by atoms with Crippen LogP contribution in [0.5, 0.6) is 0 Å². The number of anilines is 2. The number of non-ortho nitro benzene ring substituents is 1. The van der Waals surface area contributed by atoms with Crippen molar-refractivity contribution < 1.29 is 17.7 Å². The summed E-state index contributed by atoms with van der Waals surface area (Å²) < 4.78 is 42.2. The minimum absolute atomic E-state index is 0.0308. The summed E-state index contributed by atoms with van der Waals surface area (Å²) in [5.74, 6) is -0.620. The number of fused-ring (bicyclic) bond motifs is 3. The van der Waals surface area contributed by atoms with Crippen LogP contribution in [0.3, 0.4) is 0 Å². The summed E-state index contributed by atoms with van der Waals surface area (Å²) in [4.78, 5) is 10.9. The van der Waals surface area contributed by atoms with Gasteiger partial charge in [0.15, 0.2) is 0 Å². The van der Waals surface area contributed by atoms with Crippen LogP contribution in [-0.4, -0.2) is 13.3 Å². The monoisotopic (exact) mass is 465 g/mol. The van der Waals surface area contributed by atoms with E-state index in [1.54, 1.807) is 30.3 Å². The van der Waals surface area contributed by atoms with Crippen molar-refractivity contribution >= 4 is 27.1 Å². The number of hydrogen-bond donors (Lipinski definition) is 2. The third-order valence-electron chi connectivity index (χ3n) is 6.20. The van der Waals surface area contributed by atoms with Crippen molar-refractivity contribution in [3.63, 3.8) is 0 Å². The smallest absolute Gasteiger partial charge is 0.269 e. The number of allylic oxidation sites excluding steroid dienone is 2. The molecule has 1 heterocycles. The van der Waals surface area contributed by atoms with E-state index in [1.165, 1.54) is 30.3 Å². The third-order valence-corrected chi connectivity index (χ3v) is 7.57. The van der Waals surface area contributed by atoms with Crippen LogP contribution in [0.2, 0.25) is 0 Å². The van der Waals surface area contributed by atoms with Crippen LogP contribution < -0.4 is 10.0 Å². The summed E-state index contributed by atoms with van der Waals surface area (Å²) in [5.41, 5.74) is 2.32.